The molecule has 0 aliphatic carbocycles. The number of nitrogens with one attached hydrogen (secondary N) is 2. The van der Waals surface area contributed by atoms with Gasteiger partial charge in [0.15, 0.2) is 12.6 Å². The van der Waals surface area contributed by atoms with Gasteiger partial charge in [0.1, 0.15) is 36.6 Å². The van der Waals surface area contributed by atoms with Crippen LogP contribution in [0.15, 0.2) is 0 Å². The van der Waals surface area contributed by atoms with E-state index in [1.165, 1.54) is 13.8 Å². The van der Waals surface area contributed by atoms with Crippen LogP contribution >= 0.6 is 0 Å². The van der Waals surface area contributed by atoms with Gasteiger partial charge in [-0.05, 0) is 6.92 Å². The first kappa shape index (κ1) is 43.4. The number of carbonyl (C=O) groups is 2. The molecule has 1 rings (SSSR count). The summed E-state index contributed by atoms with van der Waals surface area (Å²) in [6.45, 7) is 7.24. The van der Waals surface area contributed by atoms with Crippen molar-refractivity contribution in [2.45, 2.75) is 82.9 Å². The number of hydrogen-bond acceptors (Lipinski definition) is 16. The molecule has 1 aliphatic rings. The minimum atomic E-state index is -1.38. The van der Waals surface area contributed by atoms with E-state index in [9.17, 15) is 35.1 Å². The van der Waals surface area contributed by atoms with Crippen molar-refractivity contribution in [3.63, 3.8) is 0 Å². The molecule has 278 valence electrons. The van der Waals surface area contributed by atoms with E-state index in [-0.39, 0.29) is 38.3 Å². The number of rotatable bonds is 27. The van der Waals surface area contributed by atoms with Gasteiger partial charge in [0.2, 0.25) is 11.8 Å². The predicted octanol–water partition coefficient (Wildman–Crippen LogP) is -3.75. The summed E-state index contributed by atoms with van der Waals surface area (Å²) in [4.78, 5) is 22.9. The normalized spacial score (nSPS) is 24.7. The molecule has 0 radical (unpaired) electrons. The first-order valence-electron chi connectivity index (χ1n) is 15.7. The second-order valence-corrected chi connectivity index (χ2v) is 11.1. The van der Waals surface area contributed by atoms with Gasteiger partial charge < -0.3 is 79.2 Å². The molecule has 10 atom stereocenters. The number of aliphatic hydroxyl groups is 6. The zero-order chi connectivity index (χ0) is 35.2. The summed E-state index contributed by atoms with van der Waals surface area (Å²) in [6, 6.07) is -1.61. The van der Waals surface area contributed by atoms with Gasteiger partial charge in [0.05, 0.1) is 91.9 Å². The monoisotopic (exact) mass is 688 g/mol. The van der Waals surface area contributed by atoms with E-state index in [1.807, 2.05) is 6.92 Å². The van der Waals surface area contributed by atoms with Gasteiger partial charge in [-0.25, -0.2) is 0 Å². The molecule has 0 saturated carbocycles. The molecule has 18 nitrogen and oxygen atoms in total. The Bertz CT molecular complexity index is 829. The molecule has 0 aromatic rings. The average molecular weight is 689 g/mol. The highest BCUT2D eigenvalue weighted by molar-refractivity contribution is 5.73. The topological polar surface area (TPSA) is 253 Å². The molecule has 2 amide bonds. The molecule has 8 N–H and O–H groups in total. The molecule has 0 aromatic heterocycles. The van der Waals surface area contributed by atoms with E-state index >= 15 is 0 Å². The maximum absolute atomic E-state index is 11.5. The van der Waals surface area contributed by atoms with Gasteiger partial charge in [-0.2, -0.15) is 0 Å². The molecule has 0 spiro atoms. The van der Waals surface area contributed by atoms with Crippen LogP contribution < -0.4 is 10.6 Å². The zero-order valence-corrected chi connectivity index (χ0v) is 27.7. The lowest BCUT2D eigenvalue weighted by Crippen LogP contribution is -2.64. The Hall–Kier alpha value is -1.62. The van der Waals surface area contributed by atoms with Gasteiger partial charge in [0.25, 0.3) is 0 Å². The van der Waals surface area contributed by atoms with Crippen LogP contribution in [0.25, 0.3) is 0 Å². The third-order valence-electron chi connectivity index (χ3n) is 6.76. The third kappa shape index (κ3) is 18.1. The lowest BCUT2D eigenvalue weighted by Gasteiger charge is -2.42. The molecule has 0 aromatic carbocycles. The van der Waals surface area contributed by atoms with Crippen LogP contribution in [-0.2, 0) is 47.5 Å². The molecule has 18 heteroatoms. The Morgan fingerprint density at radius 1 is 0.787 bits per heavy atom. The van der Waals surface area contributed by atoms with E-state index < -0.39 is 80.9 Å². The first-order chi connectivity index (χ1) is 22.4. The molecule has 47 heavy (non-hydrogen) atoms. The van der Waals surface area contributed by atoms with Gasteiger partial charge >= 0.3 is 0 Å². The number of aliphatic hydroxyl groups excluding tert-OH is 6. The quantitative estimate of drug-likeness (QED) is 0.0305. The number of carbonyl (C=O) groups excluding carboxylic acids is 2. The molecule has 1 aliphatic heterocycles. The molecule has 0 bridgehead atoms. The second-order valence-electron chi connectivity index (χ2n) is 11.1. The van der Waals surface area contributed by atoms with Crippen molar-refractivity contribution < 1.29 is 78.1 Å². The molecular formula is C29H56N2O16. The summed E-state index contributed by atoms with van der Waals surface area (Å²) in [6.07, 6.45) is -8.31. The molecular weight excluding hydrogens is 632 g/mol. The third-order valence-corrected chi connectivity index (χ3v) is 6.76. The van der Waals surface area contributed by atoms with Gasteiger partial charge in [0, 0.05) is 19.8 Å². The Morgan fingerprint density at radius 2 is 1.36 bits per heavy atom. The van der Waals surface area contributed by atoms with Crippen molar-refractivity contribution >= 4 is 11.8 Å². The lowest BCUT2D eigenvalue weighted by atomic mass is 9.97. The maximum atomic E-state index is 11.5. The Kier molecular flexibility index (Phi) is 23.4. The second kappa shape index (κ2) is 25.4. The van der Waals surface area contributed by atoms with Gasteiger partial charge in [-0.1, -0.05) is 6.92 Å². The van der Waals surface area contributed by atoms with Crippen LogP contribution in [0.3, 0.4) is 0 Å². The Morgan fingerprint density at radius 3 is 1.89 bits per heavy atom. The molecule has 4 unspecified atom stereocenters. The van der Waals surface area contributed by atoms with E-state index in [2.05, 4.69) is 10.6 Å². The smallest absolute Gasteiger partial charge is 0.217 e. The predicted molar refractivity (Wildman–Crippen MR) is 162 cm³/mol. The maximum Gasteiger partial charge on any atom is 0.217 e. The fraction of sp³-hybridized carbons (Fsp3) is 0.931. The average Bonchev–Trinajstić information content (AvgIpc) is 3.03. The van der Waals surface area contributed by atoms with Crippen LogP contribution in [0.5, 0.6) is 0 Å². The van der Waals surface area contributed by atoms with Crippen molar-refractivity contribution in [3.8, 4) is 0 Å². The summed E-state index contributed by atoms with van der Waals surface area (Å²) in [5, 5.41) is 63.1. The van der Waals surface area contributed by atoms with Crippen LogP contribution in [0.4, 0.5) is 0 Å². The highest BCUT2D eigenvalue weighted by Gasteiger charge is 2.45. The van der Waals surface area contributed by atoms with E-state index in [4.69, 9.17) is 43.0 Å². The van der Waals surface area contributed by atoms with Gasteiger partial charge in [-0.15, -0.1) is 0 Å². The van der Waals surface area contributed by atoms with Crippen molar-refractivity contribution in [3.05, 3.63) is 0 Å². The van der Waals surface area contributed by atoms with Crippen molar-refractivity contribution in [2.24, 2.45) is 5.92 Å². The molecule has 1 fully saturated rings. The van der Waals surface area contributed by atoms with Crippen molar-refractivity contribution in [2.75, 3.05) is 85.9 Å². The Balaban J connectivity index is 2.14. The minimum Gasteiger partial charge on any atom is -0.394 e. The van der Waals surface area contributed by atoms with E-state index in [1.54, 1.807) is 6.92 Å². The summed E-state index contributed by atoms with van der Waals surface area (Å²) < 4.78 is 44.5. The van der Waals surface area contributed by atoms with Crippen molar-refractivity contribution in [1.29, 1.82) is 0 Å². The number of ether oxygens (including phenoxy) is 8. The largest absolute Gasteiger partial charge is 0.394 e. The summed E-state index contributed by atoms with van der Waals surface area (Å²) in [5.74, 6) is -0.637. The van der Waals surface area contributed by atoms with Crippen LogP contribution in [0.1, 0.15) is 27.7 Å². The highest BCUT2D eigenvalue weighted by atomic mass is 16.7. The molecule has 1 heterocycles. The standard InChI is InChI=1S/C29H56N2O16/c1-18(16-42-7-5-40-9-11-44-28(19(2)30-20(3)35)46-23(14-33)22(37)13-32)17-43-8-6-41-10-12-45-29-25(31-21(4)36)27(39)26(38)24(15-34)47-29/h18-19,22-29,32-34,37-39H,5-17H2,1-4H3,(H,30,35)(H,31,36)/t18?,19-,22+,23?,24?,25-,26-,27?,28+,29+/m0/s1. The SMILES string of the molecule is CC(=O)N[C@@H](C)[C@H](OCCOCCOCC(C)COCCOCCO[C@@H]1OC(CO)[C@H](O)C(O)[C@@H]1NC(C)=O)OC(CO)[C@H](O)CO. The number of amides is 2. The van der Waals surface area contributed by atoms with Crippen LogP contribution in [0, 0.1) is 5.92 Å². The fourth-order valence-corrected chi connectivity index (χ4v) is 4.35. The van der Waals surface area contributed by atoms with E-state index in [0.29, 0.717) is 39.6 Å². The van der Waals surface area contributed by atoms with E-state index in [0.717, 1.165) is 0 Å². The first-order valence-corrected chi connectivity index (χ1v) is 15.7. The summed E-state index contributed by atoms with van der Waals surface area (Å²) in [5.41, 5.74) is 0. The van der Waals surface area contributed by atoms with Crippen LogP contribution in [-0.4, -0.2) is 184 Å². The van der Waals surface area contributed by atoms with Gasteiger partial charge in [-0.3, -0.25) is 9.59 Å². The zero-order valence-electron chi connectivity index (χ0n) is 27.7. The molecule has 1 saturated heterocycles. The minimum absolute atomic E-state index is 0.0731. The Labute approximate surface area is 275 Å². The van der Waals surface area contributed by atoms with Crippen LogP contribution in [0.2, 0.25) is 0 Å². The highest BCUT2D eigenvalue weighted by Crippen LogP contribution is 2.22. The summed E-state index contributed by atoms with van der Waals surface area (Å²) >= 11 is 0. The number of hydrogen-bond donors (Lipinski definition) is 8. The summed E-state index contributed by atoms with van der Waals surface area (Å²) in [7, 11) is 0. The lowest BCUT2D eigenvalue weighted by molar-refractivity contribution is -0.272. The van der Waals surface area contributed by atoms with Crippen molar-refractivity contribution in [1.82, 2.24) is 10.6 Å². The fourth-order valence-electron chi connectivity index (χ4n) is 4.35.